The van der Waals surface area contributed by atoms with Gasteiger partial charge in [0.2, 0.25) is 0 Å². The summed E-state index contributed by atoms with van der Waals surface area (Å²) < 4.78 is 1.32. The molecule has 0 aliphatic carbocycles. The van der Waals surface area contributed by atoms with Crippen molar-refractivity contribution < 1.29 is 0 Å². The maximum Gasteiger partial charge on any atom is 0.180 e. The number of rotatable bonds is 3. The standard InChI is InChI=1S/C13H15IN2S/c1-3-11-12(17-13(15)16-11)7-9-5-4-8(2)10(14)6-9/h4-6H,3,7H2,1-2H3,(H2,15,16). The van der Waals surface area contributed by atoms with Gasteiger partial charge in [0.25, 0.3) is 0 Å². The Morgan fingerprint density at radius 1 is 1.41 bits per heavy atom. The first-order valence-electron chi connectivity index (χ1n) is 5.59. The summed E-state index contributed by atoms with van der Waals surface area (Å²) in [5.41, 5.74) is 9.57. The van der Waals surface area contributed by atoms with Gasteiger partial charge in [0, 0.05) is 14.9 Å². The molecule has 0 aliphatic rings. The molecule has 1 heterocycles. The van der Waals surface area contributed by atoms with E-state index in [2.05, 4.69) is 59.6 Å². The second-order valence-corrected chi connectivity index (χ2v) is 6.31. The zero-order chi connectivity index (χ0) is 12.4. The topological polar surface area (TPSA) is 38.9 Å². The number of nitrogen functional groups attached to an aromatic ring is 1. The molecule has 0 bridgehead atoms. The number of anilines is 1. The summed E-state index contributed by atoms with van der Waals surface area (Å²) in [6.45, 7) is 4.25. The Kier molecular flexibility index (Phi) is 4.04. The minimum atomic E-state index is 0.679. The SMILES string of the molecule is CCc1nc(N)sc1Cc1ccc(C)c(I)c1. The van der Waals surface area contributed by atoms with Gasteiger partial charge in [0.15, 0.2) is 5.13 Å². The molecule has 0 unspecified atom stereocenters. The van der Waals surface area contributed by atoms with Gasteiger partial charge in [-0.1, -0.05) is 19.1 Å². The second kappa shape index (κ2) is 5.35. The van der Waals surface area contributed by atoms with Crippen molar-refractivity contribution in [3.63, 3.8) is 0 Å². The highest BCUT2D eigenvalue weighted by atomic mass is 127. The van der Waals surface area contributed by atoms with Crippen molar-refractivity contribution in [1.29, 1.82) is 0 Å². The van der Waals surface area contributed by atoms with Crippen LogP contribution in [0, 0.1) is 10.5 Å². The fourth-order valence-corrected chi connectivity index (χ4v) is 3.28. The molecular weight excluding hydrogens is 343 g/mol. The van der Waals surface area contributed by atoms with E-state index in [1.54, 1.807) is 11.3 Å². The molecule has 1 aromatic carbocycles. The van der Waals surface area contributed by atoms with Gasteiger partial charge in [-0.25, -0.2) is 4.98 Å². The second-order valence-electron chi connectivity index (χ2n) is 4.04. The summed E-state index contributed by atoms with van der Waals surface area (Å²) in [5.74, 6) is 0. The van der Waals surface area contributed by atoms with Crippen LogP contribution < -0.4 is 5.73 Å². The Balaban J connectivity index is 2.27. The molecule has 1 aromatic heterocycles. The van der Waals surface area contributed by atoms with Gasteiger partial charge < -0.3 is 5.73 Å². The molecule has 2 nitrogen and oxygen atoms in total. The molecule has 0 fully saturated rings. The van der Waals surface area contributed by atoms with Gasteiger partial charge in [0.1, 0.15) is 0 Å². The number of hydrogen-bond acceptors (Lipinski definition) is 3. The summed E-state index contributed by atoms with van der Waals surface area (Å²) >= 11 is 3.99. The zero-order valence-electron chi connectivity index (χ0n) is 9.96. The van der Waals surface area contributed by atoms with E-state index in [1.165, 1.54) is 19.6 Å². The van der Waals surface area contributed by atoms with Gasteiger partial charge >= 0.3 is 0 Å². The van der Waals surface area contributed by atoms with Crippen molar-refractivity contribution in [2.75, 3.05) is 5.73 Å². The van der Waals surface area contributed by atoms with Gasteiger partial charge in [-0.2, -0.15) is 0 Å². The molecule has 0 atom stereocenters. The quantitative estimate of drug-likeness (QED) is 0.848. The number of aromatic nitrogens is 1. The van der Waals surface area contributed by atoms with Gasteiger partial charge in [-0.05, 0) is 53.1 Å². The van der Waals surface area contributed by atoms with Crippen LogP contribution in [0.15, 0.2) is 18.2 Å². The van der Waals surface area contributed by atoms with Crippen LogP contribution in [0.5, 0.6) is 0 Å². The molecule has 0 spiro atoms. The number of nitrogens with zero attached hydrogens (tertiary/aromatic N) is 1. The normalized spacial score (nSPS) is 10.8. The van der Waals surface area contributed by atoms with E-state index in [0.29, 0.717) is 5.13 Å². The van der Waals surface area contributed by atoms with Gasteiger partial charge in [-0.15, -0.1) is 11.3 Å². The third-order valence-electron chi connectivity index (χ3n) is 2.73. The molecule has 0 saturated carbocycles. The lowest BCUT2D eigenvalue weighted by Gasteiger charge is -2.04. The first-order chi connectivity index (χ1) is 8.10. The van der Waals surface area contributed by atoms with Crippen LogP contribution in [0.3, 0.4) is 0 Å². The molecule has 0 amide bonds. The number of benzene rings is 1. The number of thiazole rings is 1. The van der Waals surface area contributed by atoms with Crippen LogP contribution in [0.25, 0.3) is 0 Å². The lowest BCUT2D eigenvalue weighted by Crippen LogP contribution is -1.92. The number of halogens is 1. The third-order valence-corrected chi connectivity index (χ3v) is 4.82. The van der Waals surface area contributed by atoms with Crippen molar-refractivity contribution >= 4 is 39.1 Å². The van der Waals surface area contributed by atoms with E-state index < -0.39 is 0 Å². The Morgan fingerprint density at radius 2 is 2.18 bits per heavy atom. The summed E-state index contributed by atoms with van der Waals surface area (Å²) in [5, 5.41) is 0.679. The maximum absolute atomic E-state index is 5.77. The van der Waals surface area contributed by atoms with Crippen LogP contribution in [-0.2, 0) is 12.8 Å². The highest BCUT2D eigenvalue weighted by Gasteiger charge is 2.09. The fourth-order valence-electron chi connectivity index (χ4n) is 1.75. The molecule has 90 valence electrons. The average molecular weight is 358 g/mol. The molecule has 2 N–H and O–H groups in total. The monoisotopic (exact) mass is 358 g/mol. The molecule has 2 rings (SSSR count). The zero-order valence-corrected chi connectivity index (χ0v) is 12.9. The minimum absolute atomic E-state index is 0.679. The van der Waals surface area contributed by atoms with Crippen LogP contribution in [0.2, 0.25) is 0 Å². The maximum atomic E-state index is 5.77. The number of aryl methyl sites for hydroxylation is 2. The molecular formula is C13H15IN2S. The van der Waals surface area contributed by atoms with E-state index in [-0.39, 0.29) is 0 Å². The summed E-state index contributed by atoms with van der Waals surface area (Å²) in [6.07, 6.45) is 1.89. The van der Waals surface area contributed by atoms with Crippen LogP contribution >= 0.6 is 33.9 Å². The molecule has 4 heteroatoms. The summed E-state index contributed by atoms with van der Waals surface area (Å²) in [7, 11) is 0. The number of hydrogen-bond donors (Lipinski definition) is 1. The van der Waals surface area contributed by atoms with Crippen molar-refractivity contribution in [3.8, 4) is 0 Å². The Labute approximate surface area is 119 Å². The van der Waals surface area contributed by atoms with Crippen LogP contribution in [0.1, 0.15) is 28.6 Å². The van der Waals surface area contributed by atoms with Crippen LogP contribution in [-0.4, -0.2) is 4.98 Å². The fraction of sp³-hybridized carbons (Fsp3) is 0.308. The first kappa shape index (κ1) is 12.8. The van der Waals surface area contributed by atoms with E-state index in [4.69, 9.17) is 5.73 Å². The van der Waals surface area contributed by atoms with E-state index >= 15 is 0 Å². The molecule has 0 aliphatic heterocycles. The van der Waals surface area contributed by atoms with Crippen molar-refractivity contribution in [2.45, 2.75) is 26.7 Å². The van der Waals surface area contributed by atoms with Crippen molar-refractivity contribution in [1.82, 2.24) is 4.98 Å². The Hall–Kier alpha value is -0.620. The Morgan fingerprint density at radius 3 is 2.82 bits per heavy atom. The van der Waals surface area contributed by atoms with E-state index in [1.807, 2.05) is 0 Å². The van der Waals surface area contributed by atoms with E-state index in [0.717, 1.165) is 18.5 Å². The lowest BCUT2D eigenvalue weighted by molar-refractivity contribution is 1.02. The minimum Gasteiger partial charge on any atom is -0.375 e. The van der Waals surface area contributed by atoms with E-state index in [9.17, 15) is 0 Å². The highest BCUT2D eigenvalue weighted by molar-refractivity contribution is 14.1. The lowest BCUT2D eigenvalue weighted by atomic mass is 10.1. The first-order valence-corrected chi connectivity index (χ1v) is 7.48. The Bertz CT molecular complexity index is 534. The average Bonchev–Trinajstić information content (AvgIpc) is 2.64. The molecule has 17 heavy (non-hydrogen) atoms. The van der Waals surface area contributed by atoms with Crippen LogP contribution in [0.4, 0.5) is 5.13 Å². The molecule has 0 radical (unpaired) electrons. The summed E-state index contributed by atoms with van der Waals surface area (Å²) in [4.78, 5) is 5.66. The smallest absolute Gasteiger partial charge is 0.180 e. The van der Waals surface area contributed by atoms with Gasteiger partial charge in [-0.3, -0.25) is 0 Å². The third kappa shape index (κ3) is 2.98. The summed E-state index contributed by atoms with van der Waals surface area (Å²) in [6, 6.07) is 6.60. The van der Waals surface area contributed by atoms with Crippen molar-refractivity contribution in [2.24, 2.45) is 0 Å². The molecule has 2 aromatic rings. The highest BCUT2D eigenvalue weighted by Crippen LogP contribution is 2.25. The predicted octanol–water partition coefficient (Wildman–Crippen LogP) is 3.79. The van der Waals surface area contributed by atoms with Crippen molar-refractivity contribution in [3.05, 3.63) is 43.5 Å². The number of nitrogens with two attached hydrogens (primary N) is 1. The molecule has 0 saturated heterocycles. The largest absolute Gasteiger partial charge is 0.375 e. The van der Waals surface area contributed by atoms with Gasteiger partial charge in [0.05, 0.1) is 5.69 Å². The predicted molar refractivity (Wildman–Crippen MR) is 82.6 cm³/mol.